The summed E-state index contributed by atoms with van der Waals surface area (Å²) in [6, 6.07) is 198. The molecule has 0 aromatic heterocycles. The minimum absolute atomic E-state index is 0.0798. The Morgan fingerprint density at radius 2 is 0.393 bits per heavy atom. The summed E-state index contributed by atoms with van der Waals surface area (Å²) >= 11 is 0. The quantitative estimate of drug-likeness (QED) is 0.126. The molecular formula is C148H98N2. The van der Waals surface area contributed by atoms with Crippen molar-refractivity contribution in [2.45, 2.75) is 49.4 Å². The molecule has 32 rings (SSSR count). The summed E-state index contributed by atoms with van der Waals surface area (Å²) in [7, 11) is 0. The molecule has 0 saturated carbocycles. The van der Waals surface area contributed by atoms with Crippen LogP contribution < -0.4 is 9.80 Å². The summed E-state index contributed by atoms with van der Waals surface area (Å²) < 4.78 is 0. The Kier molecular flexibility index (Phi) is 18.6. The van der Waals surface area contributed by atoms with E-state index in [9.17, 15) is 0 Å². The van der Waals surface area contributed by atoms with Crippen LogP contribution in [-0.4, -0.2) is 0 Å². The van der Waals surface area contributed by atoms with E-state index in [0.717, 1.165) is 34.1 Å². The van der Waals surface area contributed by atoms with Crippen LogP contribution in [0.1, 0.15) is 94.5 Å². The predicted molar refractivity (Wildman–Crippen MR) is 632 cm³/mol. The van der Waals surface area contributed by atoms with Gasteiger partial charge in [0.15, 0.2) is 0 Å². The fourth-order valence-corrected chi connectivity index (χ4v) is 28.2. The van der Waals surface area contributed by atoms with Gasteiger partial charge in [-0.1, -0.05) is 471 Å². The van der Waals surface area contributed by atoms with Crippen molar-refractivity contribution in [2.75, 3.05) is 9.80 Å². The van der Waals surface area contributed by atoms with Crippen LogP contribution in [0.3, 0.4) is 0 Å². The van der Waals surface area contributed by atoms with Gasteiger partial charge in [0.05, 0.1) is 27.9 Å². The summed E-state index contributed by atoms with van der Waals surface area (Å²) in [5, 5.41) is 19.9. The topological polar surface area (TPSA) is 6.48 Å². The smallest absolute Gasteiger partial charge is 0.0726 e. The van der Waals surface area contributed by atoms with Gasteiger partial charge in [-0.2, -0.15) is 0 Å². The fourth-order valence-electron chi connectivity index (χ4n) is 28.2. The van der Waals surface area contributed by atoms with E-state index in [2.05, 4.69) is 559 Å². The molecule has 0 radical (unpaired) electrons. The largest absolute Gasteiger partial charge is 0.310 e. The third-order valence-corrected chi connectivity index (χ3v) is 34.9. The molecular weight excluding hydrogens is 1810 g/mol. The summed E-state index contributed by atoms with van der Waals surface area (Å²) in [4.78, 5) is 5.14. The highest BCUT2D eigenvalue weighted by atomic mass is 15.2. The molecule has 0 unspecified atom stereocenters. The molecule has 0 amide bonds. The van der Waals surface area contributed by atoms with E-state index in [1.54, 1.807) is 0 Å². The first-order valence-electron chi connectivity index (χ1n) is 52.8. The fraction of sp³-hybridized carbons (Fsp3) is 0.0541. The second kappa shape index (κ2) is 32.4. The number of hydrogen-bond donors (Lipinski definition) is 0. The van der Waals surface area contributed by atoms with Gasteiger partial charge in [0, 0.05) is 44.4 Å². The first kappa shape index (κ1) is 85.8. The molecule has 0 bridgehead atoms. The molecule has 0 aliphatic heterocycles. The molecule has 2 nitrogen and oxygen atoms in total. The molecule has 700 valence electrons. The zero-order chi connectivity index (χ0) is 99.1. The first-order chi connectivity index (χ1) is 73.9. The number of hydrogen-bond acceptors (Lipinski definition) is 2. The lowest BCUT2D eigenvalue weighted by Crippen LogP contribution is -2.26. The second-order valence-corrected chi connectivity index (χ2v) is 43.0. The maximum absolute atomic E-state index is 2.59. The molecule has 0 atom stereocenters. The molecule has 0 N–H and O–H groups in total. The average molecular weight is 1900 g/mol. The molecule has 150 heavy (non-hydrogen) atoms. The van der Waals surface area contributed by atoms with Crippen LogP contribution in [0, 0.1) is 0 Å². The van der Waals surface area contributed by atoms with E-state index in [1.807, 2.05) is 0 Å². The van der Waals surface area contributed by atoms with E-state index in [4.69, 9.17) is 0 Å². The highest BCUT2D eigenvalue weighted by Gasteiger charge is 2.55. The molecule has 2 heteroatoms. The van der Waals surface area contributed by atoms with Crippen molar-refractivity contribution < 1.29 is 0 Å². The minimum Gasteiger partial charge on any atom is -0.310 e. The maximum atomic E-state index is 2.59. The lowest BCUT2D eigenvalue weighted by Gasteiger charge is -2.34. The van der Waals surface area contributed by atoms with E-state index >= 15 is 0 Å². The zero-order valence-electron chi connectivity index (χ0n) is 83.5. The van der Waals surface area contributed by atoms with Gasteiger partial charge in [-0.15, -0.1) is 0 Å². The SMILES string of the molecule is CC1(C)c2ccccc2-c2ccc(-c3ccc(-c4cc5c(cc4N(c4ccc6c7ccccc7c7ccccc7c6c4)c4cccc6ccccc46)C4(c6ccccc6-c6ccccc64)c4ccccc4-5)cc3)cc21.CC1(C)c2ccccc2-c2ccc(-c3ccc(-c4cc5c(cc4N(c4ccc6ccccc6c4)c4ccc6c7ccccc7c7ccccc7c6c4)C4(c6ccccc6-c6ccccc64)c4ccccc4-5)cc3)cc21. The van der Waals surface area contributed by atoms with Gasteiger partial charge in [0.1, 0.15) is 0 Å². The number of fused-ring (bicyclic) bond motifs is 40. The van der Waals surface area contributed by atoms with Crippen LogP contribution in [0.5, 0.6) is 0 Å². The Morgan fingerprint density at radius 3 is 0.787 bits per heavy atom. The molecule has 2 spiro atoms. The van der Waals surface area contributed by atoms with Crippen molar-refractivity contribution in [3.05, 3.63) is 588 Å². The Labute approximate surface area is 872 Å². The Morgan fingerprint density at radius 1 is 0.127 bits per heavy atom. The lowest BCUT2D eigenvalue weighted by atomic mass is 9.70. The van der Waals surface area contributed by atoms with Gasteiger partial charge in [-0.25, -0.2) is 0 Å². The number of rotatable bonds is 10. The lowest BCUT2D eigenvalue weighted by molar-refractivity contribution is 0.660. The van der Waals surface area contributed by atoms with Gasteiger partial charge in [-0.05, 0) is 327 Å². The highest BCUT2D eigenvalue weighted by Crippen LogP contribution is 2.68. The van der Waals surface area contributed by atoms with Crippen LogP contribution in [0.4, 0.5) is 34.1 Å². The first-order valence-corrected chi connectivity index (χ1v) is 52.8. The summed E-state index contributed by atoms with van der Waals surface area (Å²) in [6.07, 6.45) is 0. The molecule has 26 aromatic carbocycles. The van der Waals surface area contributed by atoms with Gasteiger partial charge in [0.2, 0.25) is 0 Å². The minimum atomic E-state index is -0.528. The number of benzene rings is 26. The normalized spacial score (nSPS) is 13.9. The van der Waals surface area contributed by atoms with Crippen LogP contribution >= 0.6 is 0 Å². The maximum Gasteiger partial charge on any atom is 0.0726 e. The van der Waals surface area contributed by atoms with Gasteiger partial charge in [-0.3, -0.25) is 0 Å². The Balaban J connectivity index is 0.000000135. The van der Waals surface area contributed by atoms with E-state index in [0.29, 0.717) is 0 Å². The van der Waals surface area contributed by atoms with Crippen LogP contribution in [0.15, 0.2) is 522 Å². The van der Waals surface area contributed by atoms with Crippen molar-refractivity contribution in [1.82, 2.24) is 0 Å². The third kappa shape index (κ3) is 12.2. The number of nitrogens with zero attached hydrogens (tertiary/aromatic N) is 2. The van der Waals surface area contributed by atoms with Crippen molar-refractivity contribution in [3.8, 4) is 111 Å². The average Bonchev–Trinajstić information content (AvgIpc) is 1.50. The molecule has 0 saturated heterocycles. The zero-order valence-corrected chi connectivity index (χ0v) is 83.5. The standard InChI is InChI=1S/2C74H49N/c1-73(2)65-29-13-9-25-57(65)61-40-38-49(42-69(61)73)46-34-36-48(37-35-46)62-44-64-60-28-12-16-32-68(60)74(66-30-14-10-26-58(66)59-27-11-15-31-67(59)74)70(64)45-72(62)75(71-33-17-19-47-18-3-4-20-51(47)71)50-39-41-56-54-23-6-5-21-52(54)53-22-7-8-24-55(53)63(56)43-50;1-73(2)66-27-13-9-23-58(66)62-39-36-50(42-70(62)73)47-31-33-48(34-32-47)63-44-65-61-26-12-16-30-69(61)74(67-28-14-10-24-59(67)60-25-11-15-29-68(60)74)71(65)45-72(63)75(51-37-35-46-17-3-4-18-49(46)41-51)52-38-40-57-55-21-6-5-19-53(55)54-20-7-8-22-56(54)64(57)43-52/h2*3-45H,1-2H3. The van der Waals surface area contributed by atoms with E-state index in [-0.39, 0.29) is 10.8 Å². The second-order valence-electron chi connectivity index (χ2n) is 43.0. The summed E-state index contributed by atoms with van der Waals surface area (Å²) in [5.74, 6) is 0. The summed E-state index contributed by atoms with van der Waals surface area (Å²) in [5.41, 5.74) is 46.9. The predicted octanol–water partition coefficient (Wildman–Crippen LogP) is 39.5. The van der Waals surface area contributed by atoms with Crippen LogP contribution in [0.25, 0.3) is 197 Å². The van der Waals surface area contributed by atoms with Crippen molar-refractivity contribution in [2.24, 2.45) is 0 Å². The highest BCUT2D eigenvalue weighted by molar-refractivity contribution is 6.28. The Bertz CT molecular complexity index is 10100. The summed E-state index contributed by atoms with van der Waals surface area (Å²) in [6.45, 7) is 9.47. The van der Waals surface area contributed by atoms with Crippen molar-refractivity contribution >= 4 is 120 Å². The van der Waals surface area contributed by atoms with Crippen molar-refractivity contribution in [3.63, 3.8) is 0 Å². The molecule has 6 aliphatic rings. The number of anilines is 6. The van der Waals surface area contributed by atoms with E-state index in [1.165, 1.54) is 264 Å². The van der Waals surface area contributed by atoms with Gasteiger partial charge in [0.25, 0.3) is 0 Å². The van der Waals surface area contributed by atoms with Crippen molar-refractivity contribution in [1.29, 1.82) is 0 Å². The van der Waals surface area contributed by atoms with Crippen LogP contribution in [0.2, 0.25) is 0 Å². The van der Waals surface area contributed by atoms with Gasteiger partial charge < -0.3 is 9.80 Å². The molecule has 0 fully saturated rings. The molecule has 26 aromatic rings. The van der Waals surface area contributed by atoms with E-state index < -0.39 is 10.8 Å². The Hall–Kier alpha value is -18.6. The monoisotopic (exact) mass is 1900 g/mol. The molecule has 6 aliphatic carbocycles. The molecule has 0 heterocycles. The third-order valence-electron chi connectivity index (χ3n) is 34.9. The van der Waals surface area contributed by atoms with Gasteiger partial charge >= 0.3 is 0 Å². The van der Waals surface area contributed by atoms with Crippen LogP contribution in [-0.2, 0) is 21.7 Å².